The zero-order valence-electron chi connectivity index (χ0n) is 9.72. The van der Waals surface area contributed by atoms with Gasteiger partial charge in [-0.1, -0.05) is 32.0 Å². The molecule has 0 heterocycles. The van der Waals surface area contributed by atoms with E-state index in [0.717, 1.165) is 12.5 Å². The topological polar surface area (TPSA) is 12.0 Å². The maximum atomic E-state index is 3.18. The van der Waals surface area contributed by atoms with Gasteiger partial charge >= 0.3 is 0 Å². The van der Waals surface area contributed by atoms with Crippen molar-refractivity contribution in [1.82, 2.24) is 5.32 Å². The zero-order valence-corrected chi connectivity index (χ0v) is 9.72. The Morgan fingerprint density at radius 3 is 2.57 bits per heavy atom. The fourth-order valence-corrected chi connectivity index (χ4v) is 1.70. The van der Waals surface area contributed by atoms with Crippen LogP contribution in [0.2, 0.25) is 0 Å². The van der Waals surface area contributed by atoms with Gasteiger partial charge in [0.15, 0.2) is 0 Å². The highest BCUT2D eigenvalue weighted by Gasteiger charge is 2.02. The average Bonchev–Trinajstić information content (AvgIpc) is 2.10. The van der Waals surface area contributed by atoms with E-state index in [1.165, 1.54) is 23.1 Å². The van der Waals surface area contributed by atoms with E-state index in [4.69, 9.17) is 0 Å². The lowest BCUT2D eigenvalue weighted by molar-refractivity contribution is 0.644. The van der Waals surface area contributed by atoms with Crippen LogP contribution in [0.1, 0.15) is 30.5 Å². The number of benzene rings is 1. The van der Waals surface area contributed by atoms with Crippen LogP contribution in [0.25, 0.3) is 0 Å². The first-order valence-electron chi connectivity index (χ1n) is 5.36. The van der Waals surface area contributed by atoms with Crippen LogP contribution in [-0.2, 0) is 13.0 Å². The first kappa shape index (κ1) is 11.3. The molecule has 0 atom stereocenters. The fraction of sp³-hybridized carbons (Fsp3) is 0.538. The lowest BCUT2D eigenvalue weighted by Crippen LogP contribution is -2.06. The maximum absolute atomic E-state index is 3.18. The van der Waals surface area contributed by atoms with E-state index >= 15 is 0 Å². The van der Waals surface area contributed by atoms with Gasteiger partial charge in [0.25, 0.3) is 0 Å². The summed E-state index contributed by atoms with van der Waals surface area (Å²) in [6, 6.07) is 6.76. The number of aryl methyl sites for hydroxylation is 1. The summed E-state index contributed by atoms with van der Waals surface area (Å²) >= 11 is 0. The third-order valence-corrected chi connectivity index (χ3v) is 2.42. The standard InChI is InChI=1S/C13H21N/c1-10(2)7-13-8-12(9-14-4)6-5-11(13)3/h5-6,8,10,14H,7,9H2,1-4H3. The molecule has 1 aromatic carbocycles. The molecular formula is C13H21N. The lowest BCUT2D eigenvalue weighted by Gasteiger charge is -2.10. The minimum Gasteiger partial charge on any atom is -0.316 e. The molecule has 1 aromatic rings. The van der Waals surface area contributed by atoms with Crippen molar-refractivity contribution in [2.45, 2.75) is 33.7 Å². The summed E-state index contributed by atoms with van der Waals surface area (Å²) < 4.78 is 0. The van der Waals surface area contributed by atoms with Crippen molar-refractivity contribution in [1.29, 1.82) is 0 Å². The molecule has 0 aliphatic rings. The van der Waals surface area contributed by atoms with E-state index in [0.29, 0.717) is 0 Å². The molecular weight excluding hydrogens is 170 g/mol. The molecule has 0 fully saturated rings. The summed E-state index contributed by atoms with van der Waals surface area (Å²) in [5, 5.41) is 3.18. The fourth-order valence-electron chi connectivity index (χ4n) is 1.70. The van der Waals surface area contributed by atoms with Crippen LogP contribution in [0.3, 0.4) is 0 Å². The van der Waals surface area contributed by atoms with Crippen LogP contribution < -0.4 is 5.32 Å². The third kappa shape index (κ3) is 3.15. The predicted molar refractivity (Wildman–Crippen MR) is 62.5 cm³/mol. The Labute approximate surface area is 87.5 Å². The number of hydrogen-bond donors (Lipinski definition) is 1. The predicted octanol–water partition coefficient (Wildman–Crippen LogP) is 2.91. The summed E-state index contributed by atoms with van der Waals surface area (Å²) in [6.45, 7) is 7.70. The Morgan fingerprint density at radius 1 is 1.29 bits per heavy atom. The number of nitrogens with one attached hydrogen (secondary N) is 1. The Hall–Kier alpha value is -0.820. The van der Waals surface area contributed by atoms with Crippen molar-refractivity contribution in [3.63, 3.8) is 0 Å². The molecule has 1 rings (SSSR count). The SMILES string of the molecule is CNCc1ccc(C)c(CC(C)C)c1. The molecule has 1 heteroatoms. The second-order valence-corrected chi connectivity index (χ2v) is 4.39. The summed E-state index contributed by atoms with van der Waals surface area (Å²) in [5.41, 5.74) is 4.29. The smallest absolute Gasteiger partial charge is 0.0202 e. The largest absolute Gasteiger partial charge is 0.316 e. The van der Waals surface area contributed by atoms with Gasteiger partial charge in [0, 0.05) is 6.54 Å². The van der Waals surface area contributed by atoms with Crippen LogP contribution in [0.15, 0.2) is 18.2 Å². The summed E-state index contributed by atoms with van der Waals surface area (Å²) in [4.78, 5) is 0. The van der Waals surface area contributed by atoms with Gasteiger partial charge in [0.2, 0.25) is 0 Å². The minimum absolute atomic E-state index is 0.735. The van der Waals surface area contributed by atoms with E-state index in [1.807, 2.05) is 7.05 Å². The Bertz CT molecular complexity index is 289. The molecule has 1 nitrogen and oxygen atoms in total. The molecule has 14 heavy (non-hydrogen) atoms. The van der Waals surface area contributed by atoms with Gasteiger partial charge < -0.3 is 5.32 Å². The van der Waals surface area contributed by atoms with Gasteiger partial charge in [0.1, 0.15) is 0 Å². The van der Waals surface area contributed by atoms with Crippen LogP contribution in [0, 0.1) is 12.8 Å². The first-order valence-corrected chi connectivity index (χ1v) is 5.36. The van der Waals surface area contributed by atoms with Crippen LogP contribution >= 0.6 is 0 Å². The van der Waals surface area contributed by atoms with E-state index in [-0.39, 0.29) is 0 Å². The van der Waals surface area contributed by atoms with Crippen LogP contribution in [0.4, 0.5) is 0 Å². The monoisotopic (exact) mass is 191 g/mol. The normalized spacial score (nSPS) is 10.9. The molecule has 0 radical (unpaired) electrons. The van der Waals surface area contributed by atoms with Gasteiger partial charge in [-0.15, -0.1) is 0 Å². The molecule has 1 N–H and O–H groups in total. The van der Waals surface area contributed by atoms with Crippen LogP contribution in [-0.4, -0.2) is 7.05 Å². The van der Waals surface area contributed by atoms with E-state index < -0.39 is 0 Å². The van der Waals surface area contributed by atoms with Crippen molar-refractivity contribution in [2.75, 3.05) is 7.05 Å². The van der Waals surface area contributed by atoms with Crippen molar-refractivity contribution in [2.24, 2.45) is 5.92 Å². The lowest BCUT2D eigenvalue weighted by atomic mass is 9.97. The molecule has 0 spiro atoms. The van der Waals surface area contributed by atoms with Crippen molar-refractivity contribution >= 4 is 0 Å². The molecule has 0 amide bonds. The van der Waals surface area contributed by atoms with Crippen molar-refractivity contribution < 1.29 is 0 Å². The molecule has 0 saturated heterocycles. The molecule has 0 unspecified atom stereocenters. The highest BCUT2D eigenvalue weighted by atomic mass is 14.8. The molecule has 0 aliphatic carbocycles. The first-order chi connectivity index (χ1) is 6.63. The van der Waals surface area contributed by atoms with Crippen molar-refractivity contribution in [3.8, 4) is 0 Å². The molecule has 0 bridgehead atoms. The van der Waals surface area contributed by atoms with E-state index in [9.17, 15) is 0 Å². The summed E-state index contributed by atoms with van der Waals surface area (Å²) in [6.07, 6.45) is 1.18. The van der Waals surface area contributed by atoms with Gasteiger partial charge in [-0.3, -0.25) is 0 Å². The highest BCUT2D eigenvalue weighted by Crippen LogP contribution is 2.15. The maximum Gasteiger partial charge on any atom is 0.0202 e. The van der Waals surface area contributed by atoms with Gasteiger partial charge in [-0.25, -0.2) is 0 Å². The summed E-state index contributed by atoms with van der Waals surface area (Å²) in [5.74, 6) is 0.735. The Morgan fingerprint density at radius 2 is 2.00 bits per heavy atom. The second kappa shape index (κ2) is 5.16. The van der Waals surface area contributed by atoms with Crippen LogP contribution in [0.5, 0.6) is 0 Å². The van der Waals surface area contributed by atoms with Crippen molar-refractivity contribution in [3.05, 3.63) is 34.9 Å². The average molecular weight is 191 g/mol. The van der Waals surface area contributed by atoms with E-state index in [2.05, 4.69) is 44.3 Å². The van der Waals surface area contributed by atoms with Gasteiger partial charge in [-0.2, -0.15) is 0 Å². The van der Waals surface area contributed by atoms with Gasteiger partial charge in [-0.05, 0) is 43.0 Å². The Balaban J connectivity index is 2.84. The second-order valence-electron chi connectivity index (χ2n) is 4.39. The quantitative estimate of drug-likeness (QED) is 0.771. The molecule has 0 aromatic heterocycles. The minimum atomic E-state index is 0.735. The Kier molecular flexibility index (Phi) is 4.15. The zero-order chi connectivity index (χ0) is 10.6. The molecule has 0 saturated carbocycles. The molecule has 0 aliphatic heterocycles. The molecule has 78 valence electrons. The number of hydrogen-bond acceptors (Lipinski definition) is 1. The number of rotatable bonds is 4. The third-order valence-electron chi connectivity index (χ3n) is 2.42. The highest BCUT2D eigenvalue weighted by molar-refractivity contribution is 5.31. The van der Waals surface area contributed by atoms with E-state index in [1.54, 1.807) is 0 Å². The van der Waals surface area contributed by atoms with Gasteiger partial charge in [0.05, 0.1) is 0 Å². The summed E-state index contributed by atoms with van der Waals surface area (Å²) in [7, 11) is 1.99.